The molecule has 2 aromatic rings. The van der Waals surface area contributed by atoms with Gasteiger partial charge in [0, 0.05) is 17.7 Å². The third-order valence-corrected chi connectivity index (χ3v) is 6.38. The lowest BCUT2D eigenvalue weighted by Crippen LogP contribution is -2.30. The number of ketones is 1. The molecular weight excluding hydrogens is 430 g/mol. The van der Waals surface area contributed by atoms with Gasteiger partial charge in [-0.25, -0.2) is 0 Å². The predicted octanol–water partition coefficient (Wildman–Crippen LogP) is 5.53. The fourth-order valence-corrected chi connectivity index (χ4v) is 4.38. The van der Waals surface area contributed by atoms with Crippen molar-refractivity contribution >= 4 is 17.4 Å². The summed E-state index contributed by atoms with van der Waals surface area (Å²) in [6.07, 6.45) is 1.59. The smallest absolute Gasteiger partial charge is 0.295 e. The Kier molecular flexibility index (Phi) is 7.39. The van der Waals surface area contributed by atoms with E-state index in [2.05, 4.69) is 20.8 Å². The van der Waals surface area contributed by atoms with Crippen LogP contribution in [-0.2, 0) is 15.0 Å². The molecule has 0 aromatic heterocycles. The average molecular weight is 466 g/mol. The van der Waals surface area contributed by atoms with Crippen LogP contribution in [-0.4, -0.2) is 42.5 Å². The molecule has 3 rings (SSSR count). The molecule has 1 unspecified atom stereocenters. The van der Waals surface area contributed by atoms with E-state index in [0.717, 1.165) is 24.0 Å². The normalized spacial score (nSPS) is 17.9. The van der Waals surface area contributed by atoms with Crippen LogP contribution in [0.1, 0.15) is 68.8 Å². The number of carbonyl (C=O) groups is 2. The first-order valence-electron chi connectivity index (χ1n) is 11.7. The molecule has 182 valence electrons. The lowest BCUT2D eigenvalue weighted by molar-refractivity contribution is -0.139. The number of hydrogen-bond acceptors (Lipinski definition) is 5. The SMILES string of the molecule is CCCCN1C(=O)C(=O)/C(=C(/O)c2cc(C(C)(C)C)ccc2C)C1c1cccc(OC)c1OC. The Balaban J connectivity index is 2.31. The molecule has 6 nitrogen and oxygen atoms in total. The Morgan fingerprint density at radius 3 is 2.38 bits per heavy atom. The van der Waals surface area contributed by atoms with Gasteiger partial charge < -0.3 is 19.5 Å². The number of benzene rings is 2. The number of aryl methyl sites for hydroxylation is 1. The zero-order valence-corrected chi connectivity index (χ0v) is 21.2. The van der Waals surface area contributed by atoms with Gasteiger partial charge in [-0.15, -0.1) is 0 Å². The van der Waals surface area contributed by atoms with Gasteiger partial charge in [0.1, 0.15) is 5.76 Å². The molecule has 1 aliphatic heterocycles. The standard InChI is InChI=1S/C28H35NO5/c1-8-9-15-29-23(19-11-10-12-21(33-6)26(19)34-7)22(25(31)27(29)32)24(30)20-16-18(28(3,4)5)14-13-17(20)2/h10-14,16,23,30H,8-9,15H2,1-7H3/b24-22+. The van der Waals surface area contributed by atoms with E-state index in [1.807, 2.05) is 38.1 Å². The minimum absolute atomic E-state index is 0.0711. The number of aliphatic hydroxyl groups is 1. The minimum atomic E-state index is -0.783. The maximum absolute atomic E-state index is 13.3. The molecule has 0 bridgehead atoms. The van der Waals surface area contributed by atoms with Gasteiger partial charge in [-0.05, 0) is 42.0 Å². The number of nitrogens with zero attached hydrogens (tertiary/aromatic N) is 1. The van der Waals surface area contributed by atoms with Crippen LogP contribution in [0.4, 0.5) is 0 Å². The number of methoxy groups -OCH3 is 2. The number of rotatable bonds is 7. The van der Waals surface area contributed by atoms with E-state index in [4.69, 9.17) is 9.47 Å². The topological polar surface area (TPSA) is 76.1 Å². The van der Waals surface area contributed by atoms with Crippen molar-refractivity contribution in [2.75, 3.05) is 20.8 Å². The zero-order chi connectivity index (χ0) is 25.2. The number of amides is 1. The Hall–Kier alpha value is -3.28. The highest BCUT2D eigenvalue weighted by molar-refractivity contribution is 6.46. The summed E-state index contributed by atoms with van der Waals surface area (Å²) in [5, 5.41) is 11.6. The van der Waals surface area contributed by atoms with E-state index in [1.54, 1.807) is 12.1 Å². The molecule has 1 N–H and O–H groups in total. The molecule has 1 amide bonds. The number of Topliss-reactive ketones (excluding diaryl/α,β-unsaturated/α-hetero) is 1. The molecule has 1 atom stereocenters. The van der Waals surface area contributed by atoms with Crippen LogP contribution < -0.4 is 9.47 Å². The highest BCUT2D eigenvalue weighted by Crippen LogP contribution is 2.46. The van der Waals surface area contributed by atoms with Crippen molar-refractivity contribution in [3.8, 4) is 11.5 Å². The van der Waals surface area contributed by atoms with E-state index in [-0.39, 0.29) is 16.7 Å². The zero-order valence-electron chi connectivity index (χ0n) is 21.2. The molecule has 0 saturated carbocycles. The molecule has 2 aromatic carbocycles. The Bertz CT molecular complexity index is 1130. The van der Waals surface area contributed by atoms with Crippen molar-refractivity contribution < 1.29 is 24.2 Å². The van der Waals surface area contributed by atoms with Crippen molar-refractivity contribution in [1.29, 1.82) is 0 Å². The molecule has 34 heavy (non-hydrogen) atoms. The summed E-state index contributed by atoms with van der Waals surface area (Å²) in [4.78, 5) is 28.0. The predicted molar refractivity (Wildman–Crippen MR) is 133 cm³/mol. The molecular formula is C28H35NO5. The second kappa shape index (κ2) is 9.92. The van der Waals surface area contributed by atoms with Gasteiger partial charge in [-0.1, -0.05) is 58.4 Å². The number of ether oxygens (including phenoxy) is 2. The monoisotopic (exact) mass is 465 g/mol. The first-order valence-corrected chi connectivity index (χ1v) is 11.7. The molecule has 0 radical (unpaired) electrons. The van der Waals surface area contributed by atoms with Crippen LogP contribution in [0, 0.1) is 6.92 Å². The molecule has 0 aliphatic carbocycles. The highest BCUT2D eigenvalue weighted by atomic mass is 16.5. The van der Waals surface area contributed by atoms with Crippen molar-refractivity contribution in [1.82, 2.24) is 4.90 Å². The number of aliphatic hydroxyl groups excluding tert-OH is 1. The number of hydrogen-bond donors (Lipinski definition) is 1. The van der Waals surface area contributed by atoms with Gasteiger partial charge in [0.15, 0.2) is 11.5 Å². The summed E-state index contributed by atoms with van der Waals surface area (Å²) in [6.45, 7) is 10.6. The molecule has 1 fully saturated rings. The first kappa shape index (κ1) is 25.3. The van der Waals surface area contributed by atoms with Gasteiger partial charge >= 0.3 is 0 Å². The first-order chi connectivity index (χ1) is 16.1. The number of likely N-dealkylation sites (tertiary alicyclic amines) is 1. The second-order valence-corrected chi connectivity index (χ2v) is 9.71. The van der Waals surface area contributed by atoms with E-state index >= 15 is 0 Å². The van der Waals surface area contributed by atoms with E-state index in [0.29, 0.717) is 29.2 Å². The van der Waals surface area contributed by atoms with Gasteiger partial charge in [0.25, 0.3) is 11.7 Å². The van der Waals surface area contributed by atoms with E-state index in [9.17, 15) is 14.7 Å². The lowest BCUT2D eigenvalue weighted by atomic mass is 9.84. The quantitative estimate of drug-likeness (QED) is 0.330. The Labute approximate surface area is 202 Å². The summed E-state index contributed by atoms with van der Waals surface area (Å²) in [6, 6.07) is 10.4. The Morgan fingerprint density at radius 1 is 1.09 bits per heavy atom. The molecule has 0 spiro atoms. The van der Waals surface area contributed by atoms with Gasteiger partial charge in [0.2, 0.25) is 0 Å². The van der Waals surface area contributed by atoms with E-state index < -0.39 is 17.7 Å². The number of para-hydroxylation sites is 1. The number of unbranched alkanes of at least 4 members (excludes halogenated alkanes) is 1. The lowest BCUT2D eigenvalue weighted by Gasteiger charge is -2.27. The average Bonchev–Trinajstić information content (AvgIpc) is 3.05. The molecule has 1 heterocycles. The summed E-state index contributed by atoms with van der Waals surface area (Å²) < 4.78 is 11.1. The van der Waals surface area contributed by atoms with Gasteiger partial charge in [0.05, 0.1) is 25.8 Å². The Morgan fingerprint density at radius 2 is 1.79 bits per heavy atom. The highest BCUT2D eigenvalue weighted by Gasteiger charge is 2.47. The summed E-state index contributed by atoms with van der Waals surface area (Å²) in [5.41, 5.74) is 2.92. The second-order valence-electron chi connectivity index (χ2n) is 9.71. The fourth-order valence-electron chi connectivity index (χ4n) is 4.38. The van der Waals surface area contributed by atoms with Crippen LogP contribution in [0.3, 0.4) is 0 Å². The third-order valence-electron chi connectivity index (χ3n) is 6.38. The third kappa shape index (κ3) is 4.54. The van der Waals surface area contributed by atoms with E-state index in [1.165, 1.54) is 19.1 Å². The van der Waals surface area contributed by atoms with Crippen LogP contribution >= 0.6 is 0 Å². The molecule has 1 saturated heterocycles. The summed E-state index contributed by atoms with van der Waals surface area (Å²) >= 11 is 0. The molecule has 6 heteroatoms. The maximum Gasteiger partial charge on any atom is 0.295 e. The van der Waals surface area contributed by atoms with Crippen molar-refractivity contribution in [2.24, 2.45) is 0 Å². The largest absolute Gasteiger partial charge is 0.507 e. The van der Waals surface area contributed by atoms with Crippen LogP contribution in [0.5, 0.6) is 11.5 Å². The molecule has 1 aliphatic rings. The van der Waals surface area contributed by atoms with Crippen molar-refractivity contribution in [2.45, 2.75) is 58.9 Å². The van der Waals surface area contributed by atoms with Crippen molar-refractivity contribution in [3.63, 3.8) is 0 Å². The summed E-state index contributed by atoms with van der Waals surface area (Å²) in [5.74, 6) is -0.550. The minimum Gasteiger partial charge on any atom is -0.507 e. The maximum atomic E-state index is 13.3. The summed E-state index contributed by atoms with van der Waals surface area (Å²) in [7, 11) is 3.06. The van der Waals surface area contributed by atoms with Crippen molar-refractivity contribution in [3.05, 3.63) is 64.2 Å². The fraction of sp³-hybridized carbons (Fsp3) is 0.429. The van der Waals surface area contributed by atoms with Crippen LogP contribution in [0.2, 0.25) is 0 Å². The van der Waals surface area contributed by atoms with Gasteiger partial charge in [-0.2, -0.15) is 0 Å². The number of carbonyl (C=O) groups excluding carboxylic acids is 2. The van der Waals surface area contributed by atoms with Gasteiger partial charge in [-0.3, -0.25) is 9.59 Å². The van der Waals surface area contributed by atoms with Crippen LogP contribution in [0.25, 0.3) is 5.76 Å². The van der Waals surface area contributed by atoms with Crippen LogP contribution in [0.15, 0.2) is 42.0 Å².